The molecule has 1 aromatic heterocycles. The molecule has 2 rings (SSSR count). The Balaban J connectivity index is 1.84. The third-order valence-electron chi connectivity index (χ3n) is 3.24. The lowest BCUT2D eigenvalue weighted by Gasteiger charge is -2.21. The number of aliphatic carboxylic acids is 1. The van der Waals surface area contributed by atoms with Gasteiger partial charge in [-0.2, -0.15) is 11.3 Å². The fourth-order valence-corrected chi connectivity index (χ4v) is 2.92. The Hall–Kier alpha value is -1.40. The summed E-state index contributed by atoms with van der Waals surface area (Å²) >= 11 is 1.60. The topological polar surface area (TPSA) is 60.9 Å². The van der Waals surface area contributed by atoms with Gasteiger partial charge in [-0.05, 0) is 28.8 Å². The highest BCUT2D eigenvalue weighted by Crippen LogP contribution is 2.10. The number of carbonyl (C=O) groups is 2. The molecule has 0 radical (unpaired) electrons. The summed E-state index contributed by atoms with van der Waals surface area (Å²) < 4.78 is 0. The minimum absolute atomic E-state index is 0.0621. The summed E-state index contributed by atoms with van der Waals surface area (Å²) in [7, 11) is 0. The second-order valence-corrected chi connectivity index (χ2v) is 5.49. The third-order valence-corrected chi connectivity index (χ3v) is 3.97. The van der Waals surface area contributed by atoms with Gasteiger partial charge in [0.05, 0.1) is 13.0 Å². The van der Waals surface area contributed by atoms with E-state index in [0.29, 0.717) is 19.5 Å². The van der Waals surface area contributed by atoms with Crippen molar-refractivity contribution in [2.24, 2.45) is 0 Å². The summed E-state index contributed by atoms with van der Waals surface area (Å²) in [6.45, 7) is 2.79. The van der Waals surface area contributed by atoms with E-state index >= 15 is 0 Å². The molecule has 1 aromatic rings. The molecule has 0 saturated carbocycles. The number of carbonyl (C=O) groups excluding carboxylic acids is 1. The standard InChI is InChI=1S/C13H18N2O3S/c16-12(8-11-2-7-19-10-11)15-4-1-3-14(5-6-15)9-13(17)18/h2,7,10H,1,3-6,8-9H2,(H,17,18). The zero-order valence-electron chi connectivity index (χ0n) is 10.7. The lowest BCUT2D eigenvalue weighted by molar-refractivity contribution is -0.138. The number of hydrogen-bond donors (Lipinski definition) is 1. The molecule has 0 unspecified atom stereocenters. The quantitative estimate of drug-likeness (QED) is 0.891. The van der Waals surface area contributed by atoms with Crippen LogP contribution in [0.4, 0.5) is 0 Å². The predicted molar refractivity (Wildman–Crippen MR) is 73.3 cm³/mol. The van der Waals surface area contributed by atoms with E-state index in [1.165, 1.54) is 0 Å². The fraction of sp³-hybridized carbons (Fsp3) is 0.538. The highest BCUT2D eigenvalue weighted by atomic mass is 32.1. The molecule has 19 heavy (non-hydrogen) atoms. The van der Waals surface area contributed by atoms with Crippen LogP contribution >= 0.6 is 11.3 Å². The maximum atomic E-state index is 12.1. The normalized spacial score (nSPS) is 17.2. The second-order valence-electron chi connectivity index (χ2n) is 4.71. The SMILES string of the molecule is O=C(O)CN1CCCN(C(=O)Cc2ccsc2)CC1. The Bertz CT molecular complexity index is 433. The Morgan fingerprint density at radius 2 is 2.11 bits per heavy atom. The molecule has 0 aromatic carbocycles. The Morgan fingerprint density at radius 1 is 1.26 bits per heavy atom. The van der Waals surface area contributed by atoms with Crippen molar-refractivity contribution in [1.29, 1.82) is 0 Å². The van der Waals surface area contributed by atoms with Crippen LogP contribution in [0, 0.1) is 0 Å². The molecule has 1 fully saturated rings. The maximum absolute atomic E-state index is 12.1. The lowest BCUT2D eigenvalue weighted by Crippen LogP contribution is -2.37. The first-order valence-electron chi connectivity index (χ1n) is 6.38. The van der Waals surface area contributed by atoms with Crippen LogP contribution in [-0.2, 0) is 16.0 Å². The minimum Gasteiger partial charge on any atom is -0.480 e. The summed E-state index contributed by atoms with van der Waals surface area (Å²) in [5, 5.41) is 12.7. The average molecular weight is 282 g/mol. The molecule has 0 bridgehead atoms. The van der Waals surface area contributed by atoms with Crippen molar-refractivity contribution in [3.8, 4) is 0 Å². The smallest absolute Gasteiger partial charge is 0.317 e. The molecule has 2 heterocycles. The first-order chi connectivity index (χ1) is 9.15. The largest absolute Gasteiger partial charge is 0.480 e. The van der Waals surface area contributed by atoms with Crippen LogP contribution in [0.1, 0.15) is 12.0 Å². The van der Waals surface area contributed by atoms with Gasteiger partial charge >= 0.3 is 5.97 Å². The van der Waals surface area contributed by atoms with E-state index in [1.807, 2.05) is 26.6 Å². The number of hydrogen-bond acceptors (Lipinski definition) is 4. The van der Waals surface area contributed by atoms with Crippen molar-refractivity contribution in [2.75, 3.05) is 32.7 Å². The van der Waals surface area contributed by atoms with Gasteiger partial charge in [0.1, 0.15) is 0 Å². The van der Waals surface area contributed by atoms with Gasteiger partial charge < -0.3 is 10.0 Å². The zero-order valence-corrected chi connectivity index (χ0v) is 11.6. The van der Waals surface area contributed by atoms with E-state index in [2.05, 4.69) is 0 Å². The van der Waals surface area contributed by atoms with Crippen molar-refractivity contribution < 1.29 is 14.7 Å². The van der Waals surface area contributed by atoms with Crippen LogP contribution in [0.25, 0.3) is 0 Å². The van der Waals surface area contributed by atoms with E-state index < -0.39 is 5.97 Å². The molecule has 0 spiro atoms. The molecule has 1 aliphatic heterocycles. The van der Waals surface area contributed by atoms with Crippen LogP contribution in [0.15, 0.2) is 16.8 Å². The molecule has 5 nitrogen and oxygen atoms in total. The molecular formula is C13H18N2O3S. The molecule has 1 saturated heterocycles. The van der Waals surface area contributed by atoms with Crippen LogP contribution in [0.5, 0.6) is 0 Å². The highest BCUT2D eigenvalue weighted by molar-refractivity contribution is 7.07. The van der Waals surface area contributed by atoms with Crippen molar-refractivity contribution in [2.45, 2.75) is 12.8 Å². The monoisotopic (exact) mass is 282 g/mol. The minimum atomic E-state index is -0.807. The summed E-state index contributed by atoms with van der Waals surface area (Å²) in [6.07, 6.45) is 1.28. The maximum Gasteiger partial charge on any atom is 0.317 e. The van der Waals surface area contributed by atoms with E-state index in [4.69, 9.17) is 5.11 Å². The molecule has 1 amide bonds. The van der Waals surface area contributed by atoms with Gasteiger partial charge in [0, 0.05) is 26.2 Å². The Kier molecular flexibility index (Phi) is 4.93. The van der Waals surface area contributed by atoms with E-state index in [1.54, 1.807) is 11.3 Å². The first kappa shape index (κ1) is 14.0. The molecule has 0 atom stereocenters. The molecule has 1 N–H and O–H groups in total. The molecular weight excluding hydrogens is 264 g/mol. The van der Waals surface area contributed by atoms with Gasteiger partial charge in [0.15, 0.2) is 0 Å². The van der Waals surface area contributed by atoms with Gasteiger partial charge in [0.25, 0.3) is 0 Å². The van der Waals surface area contributed by atoms with Crippen LogP contribution < -0.4 is 0 Å². The van der Waals surface area contributed by atoms with Crippen molar-refractivity contribution >= 4 is 23.2 Å². The third kappa shape index (κ3) is 4.33. The van der Waals surface area contributed by atoms with Gasteiger partial charge in [-0.15, -0.1) is 0 Å². The summed E-state index contributed by atoms with van der Waals surface area (Å²) in [5.41, 5.74) is 1.06. The fourth-order valence-electron chi connectivity index (χ4n) is 2.25. The summed E-state index contributed by atoms with van der Waals surface area (Å²) in [5.74, 6) is -0.673. The van der Waals surface area contributed by atoms with Crippen molar-refractivity contribution in [3.05, 3.63) is 22.4 Å². The van der Waals surface area contributed by atoms with E-state index in [0.717, 1.165) is 25.1 Å². The van der Waals surface area contributed by atoms with Gasteiger partial charge in [-0.3, -0.25) is 14.5 Å². The van der Waals surface area contributed by atoms with Crippen LogP contribution in [0.3, 0.4) is 0 Å². The zero-order chi connectivity index (χ0) is 13.7. The highest BCUT2D eigenvalue weighted by Gasteiger charge is 2.20. The number of thiophene rings is 1. The molecule has 1 aliphatic rings. The number of amides is 1. The lowest BCUT2D eigenvalue weighted by atomic mass is 10.2. The second kappa shape index (κ2) is 6.68. The van der Waals surface area contributed by atoms with Crippen molar-refractivity contribution in [3.63, 3.8) is 0 Å². The van der Waals surface area contributed by atoms with Gasteiger partial charge in [-0.25, -0.2) is 0 Å². The van der Waals surface area contributed by atoms with E-state index in [-0.39, 0.29) is 12.5 Å². The van der Waals surface area contributed by atoms with Gasteiger partial charge in [0.2, 0.25) is 5.91 Å². The average Bonchev–Trinajstić information content (AvgIpc) is 2.74. The van der Waals surface area contributed by atoms with Gasteiger partial charge in [-0.1, -0.05) is 0 Å². The molecule has 104 valence electrons. The first-order valence-corrected chi connectivity index (χ1v) is 7.32. The molecule has 6 heteroatoms. The van der Waals surface area contributed by atoms with Crippen LogP contribution in [0.2, 0.25) is 0 Å². The molecule has 0 aliphatic carbocycles. The van der Waals surface area contributed by atoms with Crippen molar-refractivity contribution in [1.82, 2.24) is 9.80 Å². The Morgan fingerprint density at radius 3 is 2.79 bits per heavy atom. The summed E-state index contributed by atoms with van der Waals surface area (Å²) in [6, 6.07) is 1.97. The number of rotatable bonds is 4. The number of carboxylic acid groups (broad SMARTS) is 1. The Labute approximate surface area is 116 Å². The number of carboxylic acids is 1. The number of nitrogens with zero attached hydrogens (tertiary/aromatic N) is 2. The van der Waals surface area contributed by atoms with Crippen LogP contribution in [-0.4, -0.2) is 59.5 Å². The summed E-state index contributed by atoms with van der Waals surface area (Å²) in [4.78, 5) is 26.6. The van der Waals surface area contributed by atoms with E-state index in [9.17, 15) is 9.59 Å². The predicted octanol–water partition coefficient (Wildman–Crippen LogP) is 0.909.